The van der Waals surface area contributed by atoms with Gasteiger partial charge in [0.15, 0.2) is 0 Å². The van der Waals surface area contributed by atoms with E-state index < -0.39 is 11.7 Å². The minimum absolute atomic E-state index is 0.0830. The number of rotatable bonds is 5. The molecule has 1 aliphatic rings. The second-order valence-electron chi connectivity index (χ2n) is 6.75. The Balaban J connectivity index is 1.70. The molecule has 0 radical (unpaired) electrons. The molecule has 1 saturated carbocycles. The fraction of sp³-hybridized carbons (Fsp3) is 0.444. The van der Waals surface area contributed by atoms with Gasteiger partial charge in [-0.3, -0.25) is 9.48 Å². The molecular formula is C18H20F3N3O2. The van der Waals surface area contributed by atoms with Gasteiger partial charge in [0.25, 0.3) is 0 Å². The average Bonchev–Trinajstić information content (AvgIpc) is 2.96. The predicted molar refractivity (Wildman–Crippen MR) is 88.0 cm³/mol. The lowest BCUT2D eigenvalue weighted by Crippen LogP contribution is -2.41. The smallest absolute Gasteiger partial charge is 0.393 e. The van der Waals surface area contributed by atoms with Crippen molar-refractivity contribution < 1.29 is 23.1 Å². The predicted octanol–water partition coefficient (Wildman–Crippen LogP) is 2.61. The third-order valence-corrected chi connectivity index (χ3v) is 4.64. The summed E-state index contributed by atoms with van der Waals surface area (Å²) < 4.78 is 40.0. The van der Waals surface area contributed by atoms with Crippen LogP contribution in [-0.4, -0.2) is 26.9 Å². The highest BCUT2D eigenvalue weighted by molar-refractivity contribution is 5.79. The maximum atomic E-state index is 12.8. The van der Waals surface area contributed by atoms with E-state index in [4.69, 9.17) is 0 Å². The molecule has 1 aromatic carbocycles. The third-order valence-electron chi connectivity index (χ3n) is 4.64. The summed E-state index contributed by atoms with van der Waals surface area (Å²) in [6.45, 7) is 0. The number of aliphatic hydroxyl groups is 1. The minimum atomic E-state index is -4.44. The number of hydrogen-bond donors (Lipinski definition) is 2. The monoisotopic (exact) mass is 367 g/mol. The van der Waals surface area contributed by atoms with Crippen molar-refractivity contribution in [3.8, 4) is 0 Å². The average molecular weight is 367 g/mol. The molecule has 8 heteroatoms. The van der Waals surface area contributed by atoms with Gasteiger partial charge in [-0.1, -0.05) is 18.2 Å². The Bertz CT molecular complexity index is 782. The van der Waals surface area contributed by atoms with Gasteiger partial charge in [0.2, 0.25) is 5.91 Å². The number of benzene rings is 1. The SMILES string of the molecule is Cn1cc([C@H](NC(=O)Cc2cccc(C(F)(F)F)c2)C2CC(O)C2)cn1. The van der Waals surface area contributed by atoms with Crippen LogP contribution in [0, 0.1) is 5.92 Å². The molecule has 1 aliphatic carbocycles. The summed E-state index contributed by atoms with van der Waals surface area (Å²) in [6.07, 6.45) is -0.366. The first-order valence-electron chi connectivity index (χ1n) is 8.34. The molecule has 26 heavy (non-hydrogen) atoms. The van der Waals surface area contributed by atoms with E-state index in [2.05, 4.69) is 10.4 Å². The molecule has 1 amide bonds. The Hall–Kier alpha value is -2.35. The number of aryl methyl sites for hydroxylation is 1. The lowest BCUT2D eigenvalue weighted by Gasteiger charge is -2.37. The van der Waals surface area contributed by atoms with Crippen LogP contribution in [-0.2, 0) is 24.4 Å². The van der Waals surface area contributed by atoms with Crippen LogP contribution in [0.15, 0.2) is 36.7 Å². The van der Waals surface area contributed by atoms with Crippen molar-refractivity contribution in [3.63, 3.8) is 0 Å². The molecule has 3 rings (SSSR count). The van der Waals surface area contributed by atoms with E-state index in [1.165, 1.54) is 12.1 Å². The summed E-state index contributed by atoms with van der Waals surface area (Å²) in [7, 11) is 1.76. The Morgan fingerprint density at radius 2 is 2.15 bits per heavy atom. The lowest BCUT2D eigenvalue weighted by molar-refractivity contribution is -0.137. The number of halogens is 3. The number of alkyl halides is 3. The second-order valence-corrected chi connectivity index (χ2v) is 6.75. The molecule has 0 spiro atoms. The summed E-state index contributed by atoms with van der Waals surface area (Å²) in [4.78, 5) is 12.4. The number of amides is 1. The van der Waals surface area contributed by atoms with Crippen molar-refractivity contribution in [1.82, 2.24) is 15.1 Å². The second kappa shape index (κ2) is 7.11. The van der Waals surface area contributed by atoms with Crippen LogP contribution in [0.3, 0.4) is 0 Å². The molecule has 1 aromatic heterocycles. The molecule has 1 atom stereocenters. The van der Waals surface area contributed by atoms with E-state index in [0.717, 1.165) is 17.7 Å². The van der Waals surface area contributed by atoms with Crippen molar-refractivity contribution in [2.45, 2.75) is 37.6 Å². The first-order valence-corrected chi connectivity index (χ1v) is 8.34. The van der Waals surface area contributed by atoms with Crippen molar-refractivity contribution >= 4 is 5.91 Å². The zero-order chi connectivity index (χ0) is 18.9. The van der Waals surface area contributed by atoms with Crippen LogP contribution in [0.2, 0.25) is 0 Å². The minimum Gasteiger partial charge on any atom is -0.393 e. The Morgan fingerprint density at radius 3 is 2.73 bits per heavy atom. The fourth-order valence-electron chi connectivity index (χ4n) is 3.24. The van der Waals surface area contributed by atoms with Crippen molar-refractivity contribution in [3.05, 3.63) is 53.3 Å². The van der Waals surface area contributed by atoms with Crippen molar-refractivity contribution in [2.24, 2.45) is 13.0 Å². The van der Waals surface area contributed by atoms with Gasteiger partial charge in [-0.15, -0.1) is 0 Å². The number of carbonyl (C=O) groups is 1. The topological polar surface area (TPSA) is 67.2 Å². The molecule has 140 valence electrons. The van der Waals surface area contributed by atoms with Gasteiger partial charge in [-0.25, -0.2) is 0 Å². The van der Waals surface area contributed by atoms with Crippen LogP contribution >= 0.6 is 0 Å². The summed E-state index contributed by atoms with van der Waals surface area (Å²) in [6, 6.07) is 4.46. The first-order chi connectivity index (χ1) is 12.2. The van der Waals surface area contributed by atoms with Gasteiger partial charge >= 0.3 is 6.18 Å². The van der Waals surface area contributed by atoms with E-state index >= 15 is 0 Å². The maximum Gasteiger partial charge on any atom is 0.416 e. The highest BCUT2D eigenvalue weighted by Crippen LogP contribution is 2.38. The Kier molecular flexibility index (Phi) is 5.04. The summed E-state index contributed by atoms with van der Waals surface area (Å²) in [5.74, 6) is -0.278. The van der Waals surface area contributed by atoms with Gasteiger partial charge in [0, 0.05) is 18.8 Å². The largest absolute Gasteiger partial charge is 0.416 e. The quantitative estimate of drug-likeness (QED) is 0.854. The van der Waals surface area contributed by atoms with E-state index in [9.17, 15) is 23.1 Å². The molecular weight excluding hydrogens is 347 g/mol. The number of nitrogens with one attached hydrogen (secondary N) is 1. The molecule has 0 bridgehead atoms. The number of aliphatic hydroxyl groups excluding tert-OH is 1. The maximum absolute atomic E-state index is 12.8. The molecule has 0 saturated heterocycles. The van der Waals surface area contributed by atoms with E-state index in [1.54, 1.807) is 24.1 Å². The molecule has 1 heterocycles. The number of hydrogen-bond acceptors (Lipinski definition) is 3. The van der Waals surface area contributed by atoms with Gasteiger partial charge in [-0.2, -0.15) is 18.3 Å². The number of carbonyl (C=O) groups excluding carboxylic acids is 1. The first kappa shape index (κ1) is 18.4. The zero-order valence-corrected chi connectivity index (χ0v) is 14.2. The molecule has 2 N–H and O–H groups in total. The summed E-state index contributed by atoms with van der Waals surface area (Å²) in [5, 5.41) is 16.6. The molecule has 0 unspecified atom stereocenters. The third kappa shape index (κ3) is 4.24. The molecule has 1 fully saturated rings. The Labute approximate surface area is 148 Å². The van der Waals surface area contributed by atoms with E-state index in [0.29, 0.717) is 18.4 Å². The zero-order valence-electron chi connectivity index (χ0n) is 14.2. The van der Waals surface area contributed by atoms with Gasteiger partial charge < -0.3 is 10.4 Å². The Morgan fingerprint density at radius 1 is 1.42 bits per heavy atom. The molecule has 5 nitrogen and oxygen atoms in total. The fourth-order valence-corrected chi connectivity index (χ4v) is 3.24. The molecule has 0 aliphatic heterocycles. The van der Waals surface area contributed by atoms with Crippen LogP contribution < -0.4 is 5.32 Å². The molecule has 2 aromatic rings. The van der Waals surface area contributed by atoms with Crippen LogP contribution in [0.4, 0.5) is 13.2 Å². The highest BCUT2D eigenvalue weighted by Gasteiger charge is 2.36. The number of nitrogens with zero attached hydrogens (tertiary/aromatic N) is 2. The van der Waals surface area contributed by atoms with Crippen molar-refractivity contribution in [2.75, 3.05) is 0 Å². The normalized spacial score (nSPS) is 21.1. The standard InChI is InChI=1S/C18H20F3N3O2/c1-24-10-13(9-22-24)17(12-7-15(25)8-12)23-16(26)6-11-3-2-4-14(5-11)18(19,20)21/h2-5,9-10,12,15,17,25H,6-8H2,1H3,(H,23,26)/t12?,15?,17-/m1/s1. The summed E-state index contributed by atoms with van der Waals surface area (Å²) >= 11 is 0. The van der Waals surface area contributed by atoms with E-state index in [-0.39, 0.29) is 30.4 Å². The van der Waals surface area contributed by atoms with Crippen LogP contribution in [0.1, 0.15) is 35.6 Å². The number of aromatic nitrogens is 2. The van der Waals surface area contributed by atoms with Crippen LogP contribution in [0.25, 0.3) is 0 Å². The van der Waals surface area contributed by atoms with E-state index in [1.807, 2.05) is 0 Å². The lowest BCUT2D eigenvalue weighted by atomic mass is 9.75. The van der Waals surface area contributed by atoms with Crippen LogP contribution in [0.5, 0.6) is 0 Å². The van der Waals surface area contributed by atoms with Gasteiger partial charge in [-0.05, 0) is 30.4 Å². The van der Waals surface area contributed by atoms with Crippen molar-refractivity contribution in [1.29, 1.82) is 0 Å². The highest BCUT2D eigenvalue weighted by atomic mass is 19.4. The van der Waals surface area contributed by atoms with Gasteiger partial charge in [0.05, 0.1) is 30.3 Å². The summed E-state index contributed by atoms with van der Waals surface area (Å²) in [5.41, 5.74) is 0.353. The van der Waals surface area contributed by atoms with Gasteiger partial charge in [0.1, 0.15) is 0 Å².